The number of hydrogen-bond acceptors (Lipinski definition) is 4. The van der Waals surface area contributed by atoms with Crippen molar-refractivity contribution in [2.45, 2.75) is 52.2 Å². The predicted octanol–water partition coefficient (Wildman–Crippen LogP) is 2.33. The standard InChI is InChI=1S/C18H38N4O2.HI/c1-8-19-16(20-10-12-22(5)11-9-13-23-6)21-15-14-18(4,24-7)17(15,2)3;/h15H,8-14H2,1-7H3,(H2,19,20,21);1H. The number of guanidine groups is 1. The van der Waals surface area contributed by atoms with Crippen LogP contribution >= 0.6 is 24.0 Å². The molecule has 0 bridgehead atoms. The predicted molar refractivity (Wildman–Crippen MR) is 116 cm³/mol. The van der Waals surface area contributed by atoms with Gasteiger partial charge >= 0.3 is 0 Å². The highest BCUT2D eigenvalue weighted by atomic mass is 127. The van der Waals surface area contributed by atoms with E-state index in [-0.39, 0.29) is 35.0 Å². The molecule has 2 N–H and O–H groups in total. The molecule has 6 nitrogen and oxygen atoms in total. The van der Waals surface area contributed by atoms with Gasteiger partial charge in [-0.15, -0.1) is 24.0 Å². The van der Waals surface area contributed by atoms with Crippen LogP contribution in [0.1, 0.15) is 40.5 Å². The first kappa shape index (κ1) is 24.9. The van der Waals surface area contributed by atoms with E-state index in [4.69, 9.17) is 14.5 Å². The number of likely N-dealkylation sites (N-methyl/N-ethyl adjacent to an activating group) is 1. The monoisotopic (exact) mass is 470 g/mol. The van der Waals surface area contributed by atoms with Crippen molar-refractivity contribution in [1.82, 2.24) is 15.5 Å². The zero-order valence-electron chi connectivity index (χ0n) is 17.1. The number of methoxy groups -OCH3 is 2. The lowest BCUT2D eigenvalue weighted by molar-refractivity contribution is -0.176. The Balaban J connectivity index is 0.00000576. The molecule has 2 unspecified atom stereocenters. The Kier molecular flexibility index (Phi) is 11.5. The zero-order chi connectivity index (χ0) is 18.2. The van der Waals surface area contributed by atoms with Gasteiger partial charge in [0.2, 0.25) is 0 Å². The second kappa shape index (κ2) is 11.6. The largest absolute Gasteiger partial charge is 0.385 e. The first-order valence-corrected chi connectivity index (χ1v) is 9.08. The van der Waals surface area contributed by atoms with Gasteiger partial charge in [-0.3, -0.25) is 4.99 Å². The zero-order valence-corrected chi connectivity index (χ0v) is 19.5. The molecular formula is C18H39IN4O2. The maximum Gasteiger partial charge on any atom is 0.191 e. The minimum atomic E-state index is -0.0659. The first-order chi connectivity index (χ1) is 11.3. The van der Waals surface area contributed by atoms with Crippen LogP contribution in [0, 0.1) is 5.41 Å². The van der Waals surface area contributed by atoms with Crippen LogP contribution in [0.25, 0.3) is 0 Å². The van der Waals surface area contributed by atoms with Crippen LogP contribution in [-0.4, -0.2) is 76.6 Å². The highest BCUT2D eigenvalue weighted by molar-refractivity contribution is 14.0. The smallest absolute Gasteiger partial charge is 0.191 e. The van der Waals surface area contributed by atoms with Crippen molar-refractivity contribution in [1.29, 1.82) is 0 Å². The molecule has 0 saturated heterocycles. The van der Waals surface area contributed by atoms with Gasteiger partial charge in [0.1, 0.15) is 0 Å². The molecule has 0 heterocycles. The minimum Gasteiger partial charge on any atom is -0.385 e. The molecule has 150 valence electrons. The molecular weight excluding hydrogens is 431 g/mol. The van der Waals surface area contributed by atoms with Crippen molar-refractivity contribution in [2.75, 3.05) is 54.1 Å². The number of halogens is 1. The summed E-state index contributed by atoms with van der Waals surface area (Å²) < 4.78 is 10.8. The lowest BCUT2D eigenvalue weighted by Crippen LogP contribution is -2.69. The molecule has 0 aromatic carbocycles. The maximum atomic E-state index is 5.70. The van der Waals surface area contributed by atoms with Gasteiger partial charge in [0.25, 0.3) is 0 Å². The number of rotatable bonds is 10. The quantitative estimate of drug-likeness (QED) is 0.222. The molecule has 25 heavy (non-hydrogen) atoms. The lowest BCUT2D eigenvalue weighted by Gasteiger charge is -2.59. The van der Waals surface area contributed by atoms with E-state index in [0.717, 1.165) is 51.6 Å². The molecule has 0 amide bonds. The minimum absolute atomic E-state index is 0. The lowest BCUT2D eigenvalue weighted by atomic mass is 9.56. The Labute approximate surface area is 171 Å². The SMILES string of the molecule is CCNC(=NCCN(C)CCCOC)NC1CC(C)(OC)C1(C)C.I. The molecule has 0 radical (unpaired) electrons. The summed E-state index contributed by atoms with van der Waals surface area (Å²) in [6.07, 6.45) is 2.05. The third kappa shape index (κ3) is 6.84. The summed E-state index contributed by atoms with van der Waals surface area (Å²) in [5.74, 6) is 0.902. The van der Waals surface area contributed by atoms with Crippen molar-refractivity contribution in [3.8, 4) is 0 Å². The maximum absolute atomic E-state index is 5.70. The third-order valence-electron chi connectivity index (χ3n) is 5.57. The van der Waals surface area contributed by atoms with Crippen molar-refractivity contribution in [3.05, 3.63) is 0 Å². The van der Waals surface area contributed by atoms with E-state index >= 15 is 0 Å². The van der Waals surface area contributed by atoms with Gasteiger partial charge in [0, 0.05) is 51.9 Å². The Morgan fingerprint density at radius 2 is 1.92 bits per heavy atom. The number of hydrogen-bond donors (Lipinski definition) is 2. The van der Waals surface area contributed by atoms with E-state index in [1.54, 1.807) is 14.2 Å². The summed E-state index contributed by atoms with van der Waals surface area (Å²) >= 11 is 0. The van der Waals surface area contributed by atoms with E-state index in [0.29, 0.717) is 6.04 Å². The van der Waals surface area contributed by atoms with Gasteiger partial charge in [-0.2, -0.15) is 0 Å². The molecule has 0 spiro atoms. The molecule has 1 aliphatic carbocycles. The van der Waals surface area contributed by atoms with Crippen LogP contribution in [0.4, 0.5) is 0 Å². The highest BCUT2D eigenvalue weighted by Crippen LogP contribution is 2.51. The van der Waals surface area contributed by atoms with Gasteiger partial charge in [-0.1, -0.05) is 13.8 Å². The molecule has 0 aromatic rings. The first-order valence-electron chi connectivity index (χ1n) is 9.08. The third-order valence-corrected chi connectivity index (χ3v) is 5.57. The molecule has 1 aliphatic rings. The average Bonchev–Trinajstić information content (AvgIpc) is 2.54. The van der Waals surface area contributed by atoms with Crippen molar-refractivity contribution >= 4 is 29.9 Å². The van der Waals surface area contributed by atoms with Crippen molar-refractivity contribution in [2.24, 2.45) is 10.4 Å². The molecule has 0 aromatic heterocycles. The normalized spacial score (nSPS) is 25.3. The van der Waals surface area contributed by atoms with E-state index in [9.17, 15) is 0 Å². The second-order valence-corrected chi connectivity index (χ2v) is 7.47. The van der Waals surface area contributed by atoms with E-state index in [2.05, 4.69) is 50.3 Å². The topological polar surface area (TPSA) is 58.1 Å². The second-order valence-electron chi connectivity index (χ2n) is 7.47. The Morgan fingerprint density at radius 1 is 1.24 bits per heavy atom. The van der Waals surface area contributed by atoms with E-state index in [1.807, 2.05) is 0 Å². The fourth-order valence-electron chi connectivity index (χ4n) is 3.13. The molecule has 1 fully saturated rings. The summed E-state index contributed by atoms with van der Waals surface area (Å²) in [7, 11) is 5.68. The fourth-order valence-corrected chi connectivity index (χ4v) is 3.13. The van der Waals surface area contributed by atoms with Crippen molar-refractivity contribution in [3.63, 3.8) is 0 Å². The van der Waals surface area contributed by atoms with Crippen LogP contribution in [-0.2, 0) is 9.47 Å². The molecule has 1 saturated carbocycles. The molecule has 2 atom stereocenters. The van der Waals surface area contributed by atoms with E-state index in [1.165, 1.54) is 0 Å². The summed E-state index contributed by atoms with van der Waals surface area (Å²) in [6.45, 7) is 13.2. The van der Waals surface area contributed by atoms with Gasteiger partial charge in [-0.05, 0) is 33.7 Å². The van der Waals surface area contributed by atoms with Crippen LogP contribution in [0.2, 0.25) is 0 Å². The summed E-state index contributed by atoms with van der Waals surface area (Å²) in [5, 5.41) is 6.93. The van der Waals surface area contributed by atoms with Gasteiger partial charge < -0.3 is 25.0 Å². The van der Waals surface area contributed by atoms with Crippen LogP contribution in [0.15, 0.2) is 4.99 Å². The van der Waals surface area contributed by atoms with Gasteiger partial charge in [-0.25, -0.2) is 0 Å². The van der Waals surface area contributed by atoms with Gasteiger partial charge in [0.05, 0.1) is 12.1 Å². The fraction of sp³-hybridized carbons (Fsp3) is 0.944. The summed E-state index contributed by atoms with van der Waals surface area (Å²) in [4.78, 5) is 7.02. The number of aliphatic imine (C=N–C) groups is 1. The van der Waals surface area contributed by atoms with Gasteiger partial charge in [0.15, 0.2) is 5.96 Å². The summed E-state index contributed by atoms with van der Waals surface area (Å²) in [6, 6.07) is 0.375. The molecule has 0 aliphatic heterocycles. The Morgan fingerprint density at radius 3 is 2.44 bits per heavy atom. The summed E-state index contributed by atoms with van der Waals surface area (Å²) in [5.41, 5.74) is 0.0123. The highest BCUT2D eigenvalue weighted by Gasteiger charge is 2.58. The van der Waals surface area contributed by atoms with Crippen LogP contribution in [0.3, 0.4) is 0 Å². The molecule has 7 heteroatoms. The number of nitrogens with one attached hydrogen (secondary N) is 2. The van der Waals surface area contributed by atoms with E-state index < -0.39 is 0 Å². The van der Waals surface area contributed by atoms with Crippen LogP contribution in [0.5, 0.6) is 0 Å². The Bertz CT molecular complexity index is 407. The van der Waals surface area contributed by atoms with Crippen LogP contribution < -0.4 is 10.6 Å². The molecule has 1 rings (SSSR count). The van der Waals surface area contributed by atoms with Crippen molar-refractivity contribution < 1.29 is 9.47 Å². The average molecular weight is 470 g/mol. The number of ether oxygens (including phenoxy) is 2. The number of nitrogens with zero attached hydrogens (tertiary/aromatic N) is 2. The Hall–Kier alpha value is -0.120.